The van der Waals surface area contributed by atoms with Crippen LogP contribution in [0.5, 0.6) is 0 Å². The molecular formula is C18H16N4O5. The lowest BCUT2D eigenvalue weighted by Gasteiger charge is -2.07. The number of carbonyl (C=O) groups excluding carboxylic acids is 3. The number of benzene rings is 1. The maximum Gasteiger partial charge on any atom is 0.344 e. The molecule has 0 spiro atoms. The van der Waals surface area contributed by atoms with Gasteiger partial charge >= 0.3 is 11.9 Å². The molecule has 0 saturated heterocycles. The molecule has 2 heterocycles. The van der Waals surface area contributed by atoms with Gasteiger partial charge in [-0.2, -0.15) is 5.10 Å². The molecule has 0 aliphatic rings. The zero-order valence-corrected chi connectivity index (χ0v) is 14.6. The van der Waals surface area contributed by atoms with Gasteiger partial charge in [-0.1, -0.05) is 0 Å². The van der Waals surface area contributed by atoms with E-state index in [1.807, 2.05) is 0 Å². The Bertz CT molecular complexity index is 1010. The summed E-state index contributed by atoms with van der Waals surface area (Å²) in [5, 5.41) is 6.75. The van der Waals surface area contributed by atoms with Crippen molar-refractivity contribution in [1.29, 1.82) is 0 Å². The maximum absolute atomic E-state index is 12.3. The van der Waals surface area contributed by atoms with Crippen molar-refractivity contribution in [2.75, 3.05) is 19.0 Å². The summed E-state index contributed by atoms with van der Waals surface area (Å²) in [6.07, 6.45) is 3.20. The van der Waals surface area contributed by atoms with E-state index in [9.17, 15) is 14.4 Å². The number of nitrogens with one attached hydrogen (secondary N) is 1. The normalized spacial score (nSPS) is 10.4. The van der Waals surface area contributed by atoms with Crippen molar-refractivity contribution < 1.29 is 23.9 Å². The molecule has 0 saturated carbocycles. The largest absolute Gasteiger partial charge is 0.465 e. The Balaban J connectivity index is 1.61. The summed E-state index contributed by atoms with van der Waals surface area (Å²) >= 11 is 0. The van der Waals surface area contributed by atoms with Crippen molar-refractivity contribution in [2.45, 2.75) is 6.92 Å². The third-order valence-corrected chi connectivity index (χ3v) is 3.70. The van der Waals surface area contributed by atoms with Crippen LogP contribution in [0.3, 0.4) is 0 Å². The molecule has 0 radical (unpaired) electrons. The van der Waals surface area contributed by atoms with Gasteiger partial charge in [-0.05, 0) is 37.3 Å². The van der Waals surface area contributed by atoms with Crippen LogP contribution < -0.4 is 5.32 Å². The summed E-state index contributed by atoms with van der Waals surface area (Å²) in [6.45, 7) is 1.19. The van der Waals surface area contributed by atoms with Crippen LogP contribution in [0.4, 0.5) is 5.69 Å². The third-order valence-electron chi connectivity index (χ3n) is 3.70. The smallest absolute Gasteiger partial charge is 0.344 e. The van der Waals surface area contributed by atoms with Gasteiger partial charge < -0.3 is 14.8 Å². The van der Waals surface area contributed by atoms with Crippen LogP contribution in [-0.2, 0) is 14.3 Å². The number of ether oxygens (including phenoxy) is 2. The Morgan fingerprint density at radius 2 is 1.89 bits per heavy atom. The Morgan fingerprint density at radius 3 is 2.59 bits per heavy atom. The first kappa shape index (κ1) is 18.1. The zero-order chi connectivity index (χ0) is 19.4. The average Bonchev–Trinajstić information content (AvgIpc) is 3.02. The zero-order valence-electron chi connectivity index (χ0n) is 14.6. The number of fused-ring (bicyclic) bond motifs is 1. The molecule has 2 aromatic heterocycles. The lowest BCUT2D eigenvalue weighted by molar-refractivity contribution is -0.119. The number of esters is 2. The van der Waals surface area contributed by atoms with Crippen molar-refractivity contribution in [3.8, 4) is 0 Å². The molecule has 0 bridgehead atoms. The first-order chi connectivity index (χ1) is 13.0. The van der Waals surface area contributed by atoms with Crippen molar-refractivity contribution >= 4 is 29.2 Å². The molecule has 1 aromatic carbocycles. The third kappa shape index (κ3) is 3.92. The van der Waals surface area contributed by atoms with Crippen molar-refractivity contribution in [3.63, 3.8) is 0 Å². The molecule has 1 N–H and O–H groups in total. The fraction of sp³-hybridized carbons (Fsp3) is 0.167. The maximum atomic E-state index is 12.3. The van der Waals surface area contributed by atoms with Crippen molar-refractivity contribution in [3.05, 3.63) is 59.5 Å². The van der Waals surface area contributed by atoms with Crippen LogP contribution in [-0.4, -0.2) is 46.2 Å². The highest BCUT2D eigenvalue weighted by atomic mass is 16.5. The van der Waals surface area contributed by atoms with Gasteiger partial charge in [0, 0.05) is 18.1 Å². The number of rotatable bonds is 5. The molecule has 9 heteroatoms. The number of hydrogen-bond donors (Lipinski definition) is 1. The van der Waals surface area contributed by atoms with Gasteiger partial charge in [0.15, 0.2) is 12.3 Å². The van der Waals surface area contributed by atoms with Crippen LogP contribution >= 0.6 is 0 Å². The van der Waals surface area contributed by atoms with E-state index in [1.165, 1.54) is 30.0 Å². The van der Waals surface area contributed by atoms with Gasteiger partial charge in [-0.15, -0.1) is 0 Å². The second kappa shape index (κ2) is 7.65. The standard InChI is InChI=1S/C18H16N4O5/c1-11-15(16-19-8-3-9-22(16)21-11)18(25)27-10-14(23)20-13-6-4-12(5-7-13)17(24)26-2/h3-9H,10H2,1-2H3,(H,20,23). The van der Waals surface area contributed by atoms with Crippen LogP contribution in [0, 0.1) is 6.92 Å². The molecule has 138 valence electrons. The number of aromatic nitrogens is 3. The molecule has 0 unspecified atom stereocenters. The van der Waals surface area contributed by atoms with Crippen molar-refractivity contribution in [2.24, 2.45) is 0 Å². The molecule has 0 aliphatic carbocycles. The van der Waals surface area contributed by atoms with E-state index >= 15 is 0 Å². The quantitative estimate of drug-likeness (QED) is 0.681. The molecule has 0 aliphatic heterocycles. The van der Waals surface area contributed by atoms with Gasteiger partial charge in [0.2, 0.25) is 0 Å². The predicted molar refractivity (Wildman–Crippen MR) is 94.4 cm³/mol. The minimum absolute atomic E-state index is 0.214. The van der Waals surface area contributed by atoms with Gasteiger partial charge in [0.1, 0.15) is 5.56 Å². The average molecular weight is 368 g/mol. The molecular weight excluding hydrogens is 352 g/mol. The summed E-state index contributed by atoms with van der Waals surface area (Å²) in [5.41, 5.74) is 1.85. The van der Waals surface area contributed by atoms with E-state index in [0.717, 1.165) is 0 Å². The molecule has 0 fully saturated rings. The second-order valence-electron chi connectivity index (χ2n) is 5.54. The minimum atomic E-state index is -0.683. The molecule has 9 nitrogen and oxygen atoms in total. The lowest BCUT2D eigenvalue weighted by Crippen LogP contribution is -2.21. The first-order valence-electron chi connectivity index (χ1n) is 7.95. The fourth-order valence-corrected chi connectivity index (χ4v) is 2.44. The predicted octanol–water partition coefficient (Wildman–Crippen LogP) is 1.62. The molecule has 0 atom stereocenters. The summed E-state index contributed by atoms with van der Waals surface area (Å²) in [7, 11) is 1.29. The fourth-order valence-electron chi connectivity index (χ4n) is 2.44. The number of aryl methyl sites for hydroxylation is 1. The van der Waals surface area contributed by atoms with Gasteiger partial charge in [-0.25, -0.2) is 19.1 Å². The van der Waals surface area contributed by atoms with Crippen LogP contribution in [0.15, 0.2) is 42.7 Å². The van der Waals surface area contributed by atoms with Gasteiger partial charge in [0.25, 0.3) is 5.91 Å². The van der Waals surface area contributed by atoms with E-state index in [2.05, 4.69) is 20.1 Å². The number of hydrogen-bond acceptors (Lipinski definition) is 7. The van der Waals surface area contributed by atoms with E-state index in [4.69, 9.17) is 4.74 Å². The topological polar surface area (TPSA) is 112 Å². The van der Waals surface area contributed by atoms with Gasteiger partial charge in [-0.3, -0.25) is 4.79 Å². The summed E-state index contributed by atoms with van der Waals surface area (Å²) < 4.78 is 11.1. The summed E-state index contributed by atoms with van der Waals surface area (Å²) in [6, 6.07) is 7.81. The number of carbonyl (C=O) groups is 3. The lowest BCUT2D eigenvalue weighted by atomic mass is 10.2. The number of nitrogens with zero attached hydrogens (tertiary/aromatic N) is 3. The highest BCUT2D eigenvalue weighted by molar-refractivity contribution is 5.99. The molecule has 3 rings (SSSR count). The number of anilines is 1. The summed E-state index contributed by atoms with van der Waals surface area (Å²) in [4.78, 5) is 39.8. The van der Waals surface area contributed by atoms with E-state index in [-0.39, 0.29) is 5.56 Å². The minimum Gasteiger partial charge on any atom is -0.465 e. The number of amides is 1. The van der Waals surface area contributed by atoms with Gasteiger partial charge in [0.05, 0.1) is 18.4 Å². The highest BCUT2D eigenvalue weighted by Gasteiger charge is 2.20. The van der Waals surface area contributed by atoms with Crippen LogP contribution in [0.25, 0.3) is 5.65 Å². The number of methoxy groups -OCH3 is 1. The Hall–Kier alpha value is -3.75. The van der Waals surface area contributed by atoms with Crippen LogP contribution in [0.1, 0.15) is 26.4 Å². The molecule has 27 heavy (non-hydrogen) atoms. The Morgan fingerprint density at radius 1 is 1.15 bits per heavy atom. The summed E-state index contributed by atoms with van der Waals surface area (Å²) in [5.74, 6) is -1.67. The van der Waals surface area contributed by atoms with Crippen molar-refractivity contribution in [1.82, 2.24) is 14.6 Å². The molecule has 1 amide bonds. The monoisotopic (exact) mass is 368 g/mol. The first-order valence-corrected chi connectivity index (χ1v) is 7.95. The Kier molecular flexibility index (Phi) is 5.11. The van der Waals surface area contributed by atoms with E-state index in [1.54, 1.807) is 31.3 Å². The van der Waals surface area contributed by atoms with E-state index < -0.39 is 24.5 Å². The second-order valence-corrected chi connectivity index (χ2v) is 5.54. The van der Waals surface area contributed by atoms with E-state index in [0.29, 0.717) is 22.6 Å². The highest BCUT2D eigenvalue weighted by Crippen LogP contribution is 2.14. The SMILES string of the molecule is COC(=O)c1ccc(NC(=O)COC(=O)c2c(C)nn3cccnc23)cc1. The Labute approximate surface area is 153 Å². The molecule has 3 aromatic rings. The van der Waals surface area contributed by atoms with Crippen LogP contribution in [0.2, 0.25) is 0 Å².